The molecule has 2 amide bonds. The zero-order valence-corrected chi connectivity index (χ0v) is 12.0. The van der Waals surface area contributed by atoms with Crippen LogP contribution in [0, 0.1) is 6.92 Å². The number of nitrogens with zero attached hydrogens (tertiary/aromatic N) is 1. The summed E-state index contributed by atoms with van der Waals surface area (Å²) in [4.78, 5) is 12.0. The molecule has 22 heavy (non-hydrogen) atoms. The number of carbonyl (C=O) groups excluding carboxylic acids is 1. The van der Waals surface area contributed by atoms with Gasteiger partial charge < -0.3 is 19.6 Å². The molecule has 2 aromatic heterocycles. The van der Waals surface area contributed by atoms with Gasteiger partial charge in [0.15, 0.2) is 5.76 Å². The van der Waals surface area contributed by atoms with Gasteiger partial charge in [0.1, 0.15) is 17.1 Å². The zero-order chi connectivity index (χ0) is 15.4. The Morgan fingerprint density at radius 3 is 2.73 bits per heavy atom. The molecule has 0 saturated carbocycles. The van der Waals surface area contributed by atoms with Crippen molar-refractivity contribution in [2.45, 2.75) is 13.5 Å². The van der Waals surface area contributed by atoms with Gasteiger partial charge in [-0.15, -0.1) is 0 Å². The van der Waals surface area contributed by atoms with E-state index in [4.69, 9.17) is 8.94 Å². The molecule has 1 aromatic carbocycles. The van der Waals surface area contributed by atoms with Gasteiger partial charge in [-0.25, -0.2) is 4.79 Å². The lowest BCUT2D eigenvalue weighted by Crippen LogP contribution is -2.28. The number of nitrogens with one attached hydrogen (secondary N) is 2. The first-order valence-electron chi connectivity index (χ1n) is 6.83. The molecule has 0 atom stereocenters. The first-order valence-corrected chi connectivity index (χ1v) is 6.83. The van der Waals surface area contributed by atoms with Gasteiger partial charge in [0, 0.05) is 5.56 Å². The Morgan fingerprint density at radius 2 is 2.00 bits per heavy atom. The first kappa shape index (κ1) is 13.9. The van der Waals surface area contributed by atoms with Crippen LogP contribution in [0.2, 0.25) is 0 Å². The fourth-order valence-electron chi connectivity index (χ4n) is 2.04. The minimum atomic E-state index is -0.347. The zero-order valence-electron chi connectivity index (χ0n) is 12.0. The molecule has 0 bridgehead atoms. The van der Waals surface area contributed by atoms with E-state index in [1.165, 1.54) is 0 Å². The van der Waals surface area contributed by atoms with E-state index in [0.717, 1.165) is 5.56 Å². The maximum Gasteiger partial charge on any atom is 0.319 e. The van der Waals surface area contributed by atoms with E-state index in [2.05, 4.69) is 15.8 Å². The summed E-state index contributed by atoms with van der Waals surface area (Å²) in [5.41, 5.74) is 2.03. The van der Waals surface area contributed by atoms with E-state index in [1.54, 1.807) is 25.3 Å². The molecule has 0 aliphatic carbocycles. The topological polar surface area (TPSA) is 80.3 Å². The third-order valence-corrected chi connectivity index (χ3v) is 3.14. The molecule has 0 spiro atoms. The number of anilines is 1. The van der Waals surface area contributed by atoms with Crippen molar-refractivity contribution in [2.75, 3.05) is 5.32 Å². The molecule has 0 unspecified atom stereocenters. The van der Waals surface area contributed by atoms with Crippen molar-refractivity contribution in [2.24, 2.45) is 0 Å². The van der Waals surface area contributed by atoms with Gasteiger partial charge in [0.25, 0.3) is 0 Å². The quantitative estimate of drug-likeness (QED) is 0.771. The maximum absolute atomic E-state index is 12.0. The number of furan rings is 1. The van der Waals surface area contributed by atoms with Gasteiger partial charge >= 0.3 is 6.03 Å². The Hall–Kier alpha value is -3.02. The highest BCUT2D eigenvalue weighted by molar-refractivity contribution is 5.93. The van der Waals surface area contributed by atoms with Crippen molar-refractivity contribution in [3.05, 3.63) is 60.2 Å². The van der Waals surface area contributed by atoms with E-state index in [-0.39, 0.29) is 6.03 Å². The number of hydrogen-bond acceptors (Lipinski definition) is 4. The van der Waals surface area contributed by atoms with Crippen LogP contribution in [-0.4, -0.2) is 11.2 Å². The molecule has 3 aromatic rings. The lowest BCUT2D eigenvalue weighted by atomic mass is 10.1. The lowest BCUT2D eigenvalue weighted by molar-refractivity contribution is 0.251. The SMILES string of the molecule is Cc1noc(-c2ccccc2)c1NC(=O)NCc1ccco1. The van der Waals surface area contributed by atoms with E-state index in [9.17, 15) is 4.79 Å². The summed E-state index contributed by atoms with van der Waals surface area (Å²) in [7, 11) is 0. The number of amides is 2. The smallest absolute Gasteiger partial charge is 0.319 e. The molecule has 6 nitrogen and oxygen atoms in total. The van der Waals surface area contributed by atoms with Crippen LogP contribution in [0.4, 0.5) is 10.5 Å². The number of benzene rings is 1. The number of rotatable bonds is 4. The molecule has 0 saturated heterocycles. The minimum absolute atomic E-state index is 0.309. The van der Waals surface area contributed by atoms with Gasteiger partial charge in [-0.1, -0.05) is 35.5 Å². The second kappa shape index (κ2) is 6.17. The summed E-state index contributed by atoms with van der Waals surface area (Å²) < 4.78 is 10.5. The van der Waals surface area contributed by atoms with Crippen LogP contribution < -0.4 is 10.6 Å². The Labute approximate surface area is 127 Å². The fourth-order valence-corrected chi connectivity index (χ4v) is 2.04. The predicted octanol–water partition coefficient (Wildman–Crippen LogP) is 3.56. The number of aryl methyl sites for hydroxylation is 1. The van der Waals surface area contributed by atoms with E-state index in [0.29, 0.717) is 29.4 Å². The van der Waals surface area contributed by atoms with Crippen LogP contribution in [0.3, 0.4) is 0 Å². The highest BCUT2D eigenvalue weighted by atomic mass is 16.5. The summed E-state index contributed by atoms with van der Waals surface area (Å²) in [5.74, 6) is 1.21. The van der Waals surface area contributed by atoms with Gasteiger partial charge in [0.2, 0.25) is 0 Å². The van der Waals surface area contributed by atoms with Gasteiger partial charge in [-0.05, 0) is 19.1 Å². The summed E-state index contributed by atoms with van der Waals surface area (Å²) in [6.45, 7) is 2.09. The largest absolute Gasteiger partial charge is 0.467 e. The van der Waals surface area contributed by atoms with Crippen molar-refractivity contribution in [1.29, 1.82) is 0 Å². The van der Waals surface area contributed by atoms with Crippen LogP contribution in [0.15, 0.2) is 57.7 Å². The van der Waals surface area contributed by atoms with Crippen molar-refractivity contribution in [1.82, 2.24) is 10.5 Å². The number of urea groups is 1. The van der Waals surface area contributed by atoms with Crippen molar-refractivity contribution < 1.29 is 13.7 Å². The van der Waals surface area contributed by atoms with Crippen molar-refractivity contribution in [3.63, 3.8) is 0 Å². The molecule has 0 radical (unpaired) electrons. The maximum atomic E-state index is 12.0. The second-order valence-corrected chi connectivity index (χ2v) is 4.73. The summed E-state index contributed by atoms with van der Waals surface area (Å²) in [5, 5.41) is 9.41. The number of hydrogen-bond donors (Lipinski definition) is 2. The van der Waals surface area contributed by atoms with Crippen LogP contribution in [0.5, 0.6) is 0 Å². The molecule has 3 rings (SSSR count). The molecular weight excluding hydrogens is 282 g/mol. The molecule has 6 heteroatoms. The lowest BCUT2D eigenvalue weighted by Gasteiger charge is -2.07. The summed E-state index contributed by atoms with van der Waals surface area (Å²) >= 11 is 0. The van der Waals surface area contributed by atoms with Gasteiger partial charge in [-0.2, -0.15) is 0 Å². The molecule has 0 fully saturated rings. The summed E-state index contributed by atoms with van der Waals surface area (Å²) in [6, 6.07) is 12.7. The van der Waals surface area contributed by atoms with E-state index >= 15 is 0 Å². The average molecular weight is 297 g/mol. The van der Waals surface area contributed by atoms with E-state index in [1.807, 2.05) is 30.3 Å². The molecular formula is C16H15N3O3. The van der Waals surface area contributed by atoms with E-state index < -0.39 is 0 Å². The predicted molar refractivity (Wildman–Crippen MR) is 81.2 cm³/mol. The van der Waals surface area contributed by atoms with Crippen LogP contribution >= 0.6 is 0 Å². The summed E-state index contributed by atoms with van der Waals surface area (Å²) in [6.07, 6.45) is 1.56. The standard InChI is InChI=1S/C16H15N3O3/c1-11-14(15(22-19-11)12-6-3-2-4-7-12)18-16(20)17-10-13-8-5-9-21-13/h2-9H,10H2,1H3,(H2,17,18,20). The fraction of sp³-hybridized carbons (Fsp3) is 0.125. The van der Waals surface area contributed by atoms with Crippen LogP contribution in [0.1, 0.15) is 11.5 Å². The monoisotopic (exact) mass is 297 g/mol. The minimum Gasteiger partial charge on any atom is -0.467 e. The average Bonchev–Trinajstić information content (AvgIpc) is 3.17. The highest BCUT2D eigenvalue weighted by Crippen LogP contribution is 2.30. The van der Waals surface area contributed by atoms with Crippen molar-refractivity contribution >= 4 is 11.7 Å². The third kappa shape index (κ3) is 3.01. The number of carbonyl (C=O) groups is 1. The Kier molecular flexibility index (Phi) is 3.91. The van der Waals surface area contributed by atoms with Crippen LogP contribution in [-0.2, 0) is 6.54 Å². The highest BCUT2D eigenvalue weighted by Gasteiger charge is 2.17. The number of aromatic nitrogens is 1. The molecule has 0 aliphatic heterocycles. The third-order valence-electron chi connectivity index (χ3n) is 3.14. The van der Waals surface area contributed by atoms with Gasteiger partial charge in [-0.3, -0.25) is 0 Å². The Morgan fingerprint density at radius 1 is 1.18 bits per heavy atom. The Bertz CT molecular complexity index is 748. The Balaban J connectivity index is 1.72. The van der Waals surface area contributed by atoms with Gasteiger partial charge in [0.05, 0.1) is 12.8 Å². The molecule has 0 aliphatic rings. The second-order valence-electron chi connectivity index (χ2n) is 4.73. The molecule has 2 N–H and O–H groups in total. The molecule has 2 heterocycles. The molecule has 112 valence electrons. The normalized spacial score (nSPS) is 10.4. The first-order chi connectivity index (χ1) is 10.7. The van der Waals surface area contributed by atoms with Crippen molar-refractivity contribution in [3.8, 4) is 11.3 Å². The van der Waals surface area contributed by atoms with Crippen LogP contribution in [0.25, 0.3) is 11.3 Å².